The highest BCUT2D eigenvalue weighted by Gasteiger charge is 2.21. The van der Waals surface area contributed by atoms with E-state index < -0.39 is 6.04 Å². The van der Waals surface area contributed by atoms with Crippen molar-refractivity contribution < 1.29 is 4.79 Å². The highest BCUT2D eigenvalue weighted by atomic mass is 35.5. The maximum atomic E-state index is 12.5. The van der Waals surface area contributed by atoms with Crippen molar-refractivity contribution >= 4 is 30.7 Å². The van der Waals surface area contributed by atoms with Crippen LogP contribution in [0.25, 0.3) is 0 Å². The fourth-order valence-electron chi connectivity index (χ4n) is 2.23. The SMILES string of the molecule is CCN(Cc1cnn(C)c1)C(=O)C(N)c1ccc(C)cc1.Cl.Cl. The summed E-state index contributed by atoms with van der Waals surface area (Å²) in [4.78, 5) is 14.3. The van der Waals surface area contributed by atoms with Crippen LogP contribution in [0.3, 0.4) is 0 Å². The Morgan fingerprint density at radius 1 is 1.30 bits per heavy atom. The number of benzene rings is 1. The largest absolute Gasteiger partial charge is 0.337 e. The van der Waals surface area contributed by atoms with E-state index in [1.54, 1.807) is 15.8 Å². The molecular weight excluding hydrogens is 335 g/mol. The summed E-state index contributed by atoms with van der Waals surface area (Å²) in [5.41, 5.74) is 9.11. The third kappa shape index (κ3) is 5.53. The van der Waals surface area contributed by atoms with Gasteiger partial charge in [0.15, 0.2) is 0 Å². The lowest BCUT2D eigenvalue weighted by Gasteiger charge is -2.24. The Hall–Kier alpha value is -1.56. The molecule has 2 aromatic rings. The van der Waals surface area contributed by atoms with Crippen LogP contribution in [-0.2, 0) is 18.4 Å². The summed E-state index contributed by atoms with van der Waals surface area (Å²) in [6.45, 7) is 5.12. The second kappa shape index (κ2) is 9.55. The minimum absolute atomic E-state index is 0. The molecule has 0 aliphatic carbocycles. The number of amides is 1. The minimum Gasteiger partial charge on any atom is -0.337 e. The van der Waals surface area contributed by atoms with E-state index in [1.807, 2.05) is 51.4 Å². The second-order valence-corrected chi connectivity index (χ2v) is 5.26. The van der Waals surface area contributed by atoms with Gasteiger partial charge >= 0.3 is 0 Å². The van der Waals surface area contributed by atoms with Crippen LogP contribution in [0.4, 0.5) is 0 Å². The van der Waals surface area contributed by atoms with E-state index in [9.17, 15) is 4.79 Å². The number of hydrogen-bond donors (Lipinski definition) is 1. The maximum Gasteiger partial charge on any atom is 0.244 e. The Bertz CT molecular complexity index is 613. The molecule has 7 heteroatoms. The number of aryl methyl sites for hydroxylation is 2. The molecule has 0 aliphatic rings. The van der Waals surface area contributed by atoms with Gasteiger partial charge in [-0.3, -0.25) is 9.48 Å². The zero-order valence-corrected chi connectivity index (χ0v) is 15.2. The molecule has 1 aromatic heterocycles. The molecule has 2 rings (SSSR count). The van der Waals surface area contributed by atoms with Gasteiger partial charge in [-0.15, -0.1) is 24.8 Å². The smallest absolute Gasteiger partial charge is 0.244 e. The monoisotopic (exact) mass is 358 g/mol. The Kier molecular flexibility index (Phi) is 8.90. The van der Waals surface area contributed by atoms with Crippen molar-refractivity contribution in [3.8, 4) is 0 Å². The highest BCUT2D eigenvalue weighted by molar-refractivity contribution is 5.85. The number of carbonyl (C=O) groups is 1. The molecule has 0 saturated heterocycles. The van der Waals surface area contributed by atoms with Crippen molar-refractivity contribution in [1.82, 2.24) is 14.7 Å². The van der Waals surface area contributed by atoms with Crippen molar-refractivity contribution in [2.24, 2.45) is 12.8 Å². The summed E-state index contributed by atoms with van der Waals surface area (Å²) in [5, 5.41) is 4.12. The third-order valence-corrected chi connectivity index (χ3v) is 3.53. The highest BCUT2D eigenvalue weighted by Crippen LogP contribution is 2.16. The molecule has 0 bridgehead atoms. The van der Waals surface area contributed by atoms with Crippen LogP contribution >= 0.6 is 24.8 Å². The Morgan fingerprint density at radius 2 is 1.91 bits per heavy atom. The quantitative estimate of drug-likeness (QED) is 0.893. The average Bonchev–Trinajstić information content (AvgIpc) is 2.89. The lowest BCUT2D eigenvalue weighted by molar-refractivity contribution is -0.133. The van der Waals surface area contributed by atoms with E-state index in [0.717, 1.165) is 16.7 Å². The molecule has 1 atom stereocenters. The Morgan fingerprint density at radius 3 is 2.39 bits per heavy atom. The third-order valence-electron chi connectivity index (χ3n) is 3.53. The van der Waals surface area contributed by atoms with Crippen molar-refractivity contribution in [3.05, 3.63) is 53.3 Å². The summed E-state index contributed by atoms with van der Waals surface area (Å²) in [7, 11) is 1.86. The normalized spacial score (nSPS) is 11.1. The fraction of sp³-hybridized carbons (Fsp3) is 0.375. The molecule has 0 saturated carbocycles. The maximum absolute atomic E-state index is 12.5. The van der Waals surface area contributed by atoms with Crippen molar-refractivity contribution in [1.29, 1.82) is 0 Å². The number of nitrogens with zero attached hydrogens (tertiary/aromatic N) is 3. The molecule has 1 amide bonds. The zero-order valence-electron chi connectivity index (χ0n) is 13.6. The molecule has 1 heterocycles. The Labute approximate surface area is 149 Å². The van der Waals surface area contributed by atoms with E-state index in [2.05, 4.69) is 5.10 Å². The number of aromatic nitrogens is 2. The Balaban J connectivity index is 0.00000242. The van der Waals surface area contributed by atoms with Gasteiger partial charge in [0.05, 0.1) is 6.20 Å². The van der Waals surface area contributed by atoms with Crippen LogP contribution in [-0.4, -0.2) is 27.1 Å². The van der Waals surface area contributed by atoms with Gasteiger partial charge in [0.25, 0.3) is 0 Å². The summed E-state index contributed by atoms with van der Waals surface area (Å²) < 4.78 is 1.73. The first-order valence-electron chi connectivity index (χ1n) is 7.09. The lowest BCUT2D eigenvalue weighted by atomic mass is 10.0. The standard InChI is InChI=1S/C16H22N4O.2ClH/c1-4-20(11-13-9-18-19(3)10-13)16(21)15(17)14-7-5-12(2)6-8-14;;/h5-10,15H,4,11,17H2,1-3H3;2*1H. The van der Waals surface area contributed by atoms with Crippen LogP contribution < -0.4 is 5.73 Å². The van der Waals surface area contributed by atoms with Gasteiger partial charge in [0.2, 0.25) is 5.91 Å². The van der Waals surface area contributed by atoms with E-state index >= 15 is 0 Å². The molecule has 1 unspecified atom stereocenters. The van der Waals surface area contributed by atoms with Crippen LogP contribution in [0.2, 0.25) is 0 Å². The van der Waals surface area contributed by atoms with Crippen molar-refractivity contribution in [2.45, 2.75) is 26.4 Å². The summed E-state index contributed by atoms with van der Waals surface area (Å²) in [6.07, 6.45) is 3.68. The minimum atomic E-state index is -0.623. The summed E-state index contributed by atoms with van der Waals surface area (Å²) in [5.74, 6) is -0.0646. The van der Waals surface area contributed by atoms with Crippen molar-refractivity contribution in [2.75, 3.05) is 6.54 Å². The first-order valence-corrected chi connectivity index (χ1v) is 7.09. The van der Waals surface area contributed by atoms with E-state index in [1.165, 1.54) is 0 Å². The van der Waals surface area contributed by atoms with Gasteiger partial charge < -0.3 is 10.6 Å². The molecule has 2 N–H and O–H groups in total. The molecule has 0 aliphatic heterocycles. The molecule has 0 spiro atoms. The van der Waals surface area contributed by atoms with Gasteiger partial charge in [-0.05, 0) is 19.4 Å². The second-order valence-electron chi connectivity index (χ2n) is 5.26. The van der Waals surface area contributed by atoms with Gasteiger partial charge in [-0.25, -0.2) is 0 Å². The fourth-order valence-corrected chi connectivity index (χ4v) is 2.23. The van der Waals surface area contributed by atoms with Crippen LogP contribution in [0.15, 0.2) is 36.7 Å². The van der Waals surface area contributed by atoms with Crippen LogP contribution in [0.1, 0.15) is 29.7 Å². The van der Waals surface area contributed by atoms with Gasteiger partial charge in [-0.2, -0.15) is 5.10 Å². The number of hydrogen-bond acceptors (Lipinski definition) is 3. The first kappa shape index (κ1) is 21.4. The van der Waals surface area contributed by atoms with E-state index in [0.29, 0.717) is 13.1 Å². The molecule has 5 nitrogen and oxygen atoms in total. The first-order chi connectivity index (χ1) is 10.0. The van der Waals surface area contributed by atoms with Crippen LogP contribution in [0.5, 0.6) is 0 Å². The number of carbonyl (C=O) groups excluding carboxylic acids is 1. The van der Waals surface area contributed by atoms with E-state index in [-0.39, 0.29) is 30.7 Å². The molecule has 0 fully saturated rings. The summed E-state index contributed by atoms with van der Waals surface area (Å²) >= 11 is 0. The van der Waals surface area contributed by atoms with Crippen LogP contribution in [0, 0.1) is 6.92 Å². The molecule has 23 heavy (non-hydrogen) atoms. The topological polar surface area (TPSA) is 64.2 Å². The zero-order chi connectivity index (χ0) is 15.4. The number of likely N-dealkylation sites (N-methyl/N-ethyl adjacent to an activating group) is 1. The molecule has 1 aromatic carbocycles. The lowest BCUT2D eigenvalue weighted by Crippen LogP contribution is -2.38. The van der Waals surface area contributed by atoms with Crippen molar-refractivity contribution in [3.63, 3.8) is 0 Å². The molecule has 128 valence electrons. The predicted molar refractivity (Wildman–Crippen MR) is 96.9 cm³/mol. The number of halogens is 2. The molecular formula is C16H24Cl2N4O. The predicted octanol–water partition coefficient (Wildman–Crippen LogP) is 2.62. The van der Waals surface area contributed by atoms with E-state index in [4.69, 9.17) is 5.73 Å². The average molecular weight is 359 g/mol. The number of nitrogens with two attached hydrogens (primary N) is 1. The summed E-state index contributed by atoms with van der Waals surface area (Å²) in [6, 6.07) is 7.15. The number of rotatable bonds is 5. The van der Waals surface area contributed by atoms with Gasteiger partial charge in [-0.1, -0.05) is 29.8 Å². The van der Waals surface area contributed by atoms with Gasteiger partial charge in [0.1, 0.15) is 6.04 Å². The molecule has 0 radical (unpaired) electrons. The van der Waals surface area contributed by atoms with Gasteiger partial charge in [0, 0.05) is 31.9 Å².